The summed E-state index contributed by atoms with van der Waals surface area (Å²) in [6, 6.07) is 4.28. The largest absolute Gasteiger partial charge is 0.302 e. The molecule has 0 fully saturated rings. The maximum absolute atomic E-state index is 13.5. The van der Waals surface area contributed by atoms with Crippen molar-refractivity contribution in [3.05, 3.63) is 24.0 Å². The minimum Gasteiger partial charge on any atom is -0.302 e. The predicted octanol–water partition coefficient (Wildman–Crippen LogP) is 2.00. The average molecular weight is 417 g/mol. The molecule has 1 aromatic heterocycles. The molecule has 1 aromatic carbocycles. The van der Waals surface area contributed by atoms with E-state index in [2.05, 4.69) is 9.88 Å². The molecule has 0 aliphatic heterocycles. The van der Waals surface area contributed by atoms with Gasteiger partial charge in [-0.05, 0) is 31.3 Å². The average Bonchev–Trinajstić information content (AvgIpc) is 3.00. The van der Waals surface area contributed by atoms with E-state index in [9.17, 15) is 17.6 Å². The number of anilines is 1. The van der Waals surface area contributed by atoms with Gasteiger partial charge in [-0.25, -0.2) is 17.8 Å². The molecule has 27 heavy (non-hydrogen) atoms. The van der Waals surface area contributed by atoms with Crippen molar-refractivity contribution in [1.29, 1.82) is 0 Å². The maximum atomic E-state index is 13.5. The number of halogens is 1. The first-order valence-corrected chi connectivity index (χ1v) is 11.3. The highest BCUT2D eigenvalue weighted by Gasteiger charge is 2.24. The Balaban J connectivity index is 2.31. The lowest BCUT2D eigenvalue weighted by Crippen LogP contribution is -2.44. The second kappa shape index (κ2) is 9.05. The monoisotopic (exact) mass is 416 g/mol. The number of amides is 1. The van der Waals surface area contributed by atoms with E-state index in [-0.39, 0.29) is 18.3 Å². The predicted molar refractivity (Wildman–Crippen MR) is 107 cm³/mol. The molecule has 0 aliphatic carbocycles. The van der Waals surface area contributed by atoms with Crippen LogP contribution in [0.5, 0.6) is 0 Å². The van der Waals surface area contributed by atoms with Crippen LogP contribution in [0, 0.1) is 5.82 Å². The Hall–Kier alpha value is -1.62. The van der Waals surface area contributed by atoms with Crippen LogP contribution in [0.2, 0.25) is 0 Å². The van der Waals surface area contributed by atoms with E-state index in [0.717, 1.165) is 23.7 Å². The van der Waals surface area contributed by atoms with E-state index in [1.54, 1.807) is 6.07 Å². The summed E-state index contributed by atoms with van der Waals surface area (Å²) in [6.45, 7) is 6.48. The highest BCUT2D eigenvalue weighted by molar-refractivity contribution is 7.88. The molecule has 1 heterocycles. The Morgan fingerprint density at radius 1 is 1.22 bits per heavy atom. The smallest absolute Gasteiger partial charge is 0.244 e. The maximum Gasteiger partial charge on any atom is 0.244 e. The number of nitrogens with zero attached hydrogens (tertiary/aromatic N) is 4. The fourth-order valence-corrected chi connectivity index (χ4v) is 3.88. The Morgan fingerprint density at radius 2 is 1.89 bits per heavy atom. The number of rotatable bonds is 9. The number of likely N-dealkylation sites (N-methyl/N-ethyl adjacent to an activating group) is 2. The van der Waals surface area contributed by atoms with E-state index < -0.39 is 10.0 Å². The number of hydrogen-bond acceptors (Lipinski definition) is 6. The SMILES string of the molecule is CCN(CC)CCN(C(=O)CN(C)S(C)(=O)=O)c1nc2ccc(F)cc2s1. The van der Waals surface area contributed by atoms with Crippen molar-refractivity contribution in [1.82, 2.24) is 14.2 Å². The fraction of sp³-hybridized carbons (Fsp3) is 0.529. The normalized spacial score (nSPS) is 12.3. The van der Waals surface area contributed by atoms with E-state index in [4.69, 9.17) is 0 Å². The minimum absolute atomic E-state index is 0.276. The molecular weight excluding hydrogens is 391 g/mol. The van der Waals surface area contributed by atoms with Crippen molar-refractivity contribution < 1.29 is 17.6 Å². The van der Waals surface area contributed by atoms with Crippen molar-refractivity contribution in [2.45, 2.75) is 13.8 Å². The van der Waals surface area contributed by atoms with Gasteiger partial charge >= 0.3 is 0 Å². The van der Waals surface area contributed by atoms with Crippen LogP contribution in [0.25, 0.3) is 10.2 Å². The van der Waals surface area contributed by atoms with Crippen LogP contribution in [-0.2, 0) is 14.8 Å². The van der Waals surface area contributed by atoms with E-state index in [1.165, 1.54) is 35.4 Å². The summed E-state index contributed by atoms with van der Waals surface area (Å²) in [6.07, 6.45) is 1.06. The highest BCUT2D eigenvalue weighted by Crippen LogP contribution is 2.29. The summed E-state index contributed by atoms with van der Waals surface area (Å²) in [4.78, 5) is 20.9. The van der Waals surface area contributed by atoms with Crippen LogP contribution in [-0.4, -0.2) is 74.5 Å². The summed E-state index contributed by atoms with van der Waals surface area (Å²) in [5.74, 6) is -0.731. The molecule has 10 heteroatoms. The number of aromatic nitrogens is 1. The summed E-state index contributed by atoms with van der Waals surface area (Å²) < 4.78 is 38.4. The van der Waals surface area contributed by atoms with Crippen LogP contribution in [0.1, 0.15) is 13.8 Å². The van der Waals surface area contributed by atoms with Crippen molar-refractivity contribution in [2.24, 2.45) is 0 Å². The van der Waals surface area contributed by atoms with Crippen molar-refractivity contribution in [3.8, 4) is 0 Å². The lowest BCUT2D eigenvalue weighted by atomic mass is 10.3. The van der Waals surface area contributed by atoms with Gasteiger partial charge in [-0.1, -0.05) is 25.2 Å². The van der Waals surface area contributed by atoms with E-state index in [1.807, 2.05) is 13.8 Å². The molecule has 150 valence electrons. The molecular formula is C17H25FN4O3S2. The Morgan fingerprint density at radius 3 is 2.48 bits per heavy atom. The summed E-state index contributed by atoms with van der Waals surface area (Å²) in [5, 5.41) is 0.439. The van der Waals surface area contributed by atoms with Crippen molar-refractivity contribution in [3.63, 3.8) is 0 Å². The van der Waals surface area contributed by atoms with Crippen LogP contribution < -0.4 is 4.90 Å². The third-order valence-electron chi connectivity index (χ3n) is 4.33. The summed E-state index contributed by atoms with van der Waals surface area (Å²) >= 11 is 1.22. The summed E-state index contributed by atoms with van der Waals surface area (Å²) in [7, 11) is -2.11. The summed E-state index contributed by atoms with van der Waals surface area (Å²) in [5.41, 5.74) is 0.605. The minimum atomic E-state index is -3.48. The van der Waals surface area contributed by atoms with Crippen LogP contribution in [0.3, 0.4) is 0 Å². The van der Waals surface area contributed by atoms with Crippen LogP contribution >= 0.6 is 11.3 Å². The number of sulfonamides is 1. The van der Waals surface area contributed by atoms with Gasteiger partial charge in [-0.2, -0.15) is 4.31 Å². The number of carbonyl (C=O) groups excluding carboxylic acids is 1. The third-order valence-corrected chi connectivity index (χ3v) is 6.63. The molecule has 2 aromatic rings. The third kappa shape index (κ3) is 5.68. The molecule has 2 rings (SSSR count). The first-order chi connectivity index (χ1) is 12.7. The number of benzene rings is 1. The standard InChI is InChI=1S/C17H25FN4O3S2/c1-5-21(6-2)9-10-22(16(23)12-20(3)27(4,24)25)17-19-14-8-7-13(18)11-15(14)26-17/h7-8,11H,5-6,9-10,12H2,1-4H3. The van der Waals surface area contributed by atoms with Crippen LogP contribution in [0.15, 0.2) is 18.2 Å². The fourth-order valence-electron chi connectivity index (χ4n) is 2.50. The number of fused-ring (bicyclic) bond motifs is 1. The van der Waals surface area contributed by atoms with Gasteiger partial charge in [0.2, 0.25) is 15.9 Å². The Labute approximate surface area is 163 Å². The van der Waals surface area contributed by atoms with Crippen molar-refractivity contribution >= 4 is 42.6 Å². The Kier molecular flexibility index (Phi) is 7.26. The molecule has 1 amide bonds. The molecule has 0 bridgehead atoms. The zero-order valence-electron chi connectivity index (χ0n) is 16.0. The zero-order chi connectivity index (χ0) is 20.2. The first kappa shape index (κ1) is 21.7. The van der Waals surface area contributed by atoms with Gasteiger partial charge in [-0.15, -0.1) is 0 Å². The molecule has 0 saturated carbocycles. The van der Waals surface area contributed by atoms with E-state index >= 15 is 0 Å². The second-order valence-electron chi connectivity index (χ2n) is 6.20. The van der Waals surface area contributed by atoms with Gasteiger partial charge in [0.25, 0.3) is 0 Å². The highest BCUT2D eigenvalue weighted by atomic mass is 32.2. The van der Waals surface area contributed by atoms with Gasteiger partial charge < -0.3 is 4.90 Å². The van der Waals surface area contributed by atoms with Gasteiger partial charge in [0.15, 0.2) is 5.13 Å². The van der Waals surface area contributed by atoms with Gasteiger partial charge in [-0.3, -0.25) is 9.69 Å². The Bertz CT molecular complexity index is 897. The molecule has 7 nitrogen and oxygen atoms in total. The molecule has 0 saturated heterocycles. The van der Waals surface area contributed by atoms with Crippen molar-refractivity contribution in [2.75, 3.05) is 50.9 Å². The molecule has 0 radical (unpaired) electrons. The molecule has 0 aliphatic rings. The molecule has 0 atom stereocenters. The number of thiazole rings is 1. The lowest BCUT2D eigenvalue weighted by Gasteiger charge is -2.26. The first-order valence-electron chi connectivity index (χ1n) is 8.65. The van der Waals surface area contributed by atoms with Gasteiger partial charge in [0.1, 0.15) is 5.82 Å². The van der Waals surface area contributed by atoms with E-state index in [0.29, 0.717) is 28.4 Å². The molecule has 0 spiro atoms. The quantitative estimate of drug-likeness (QED) is 0.625. The number of carbonyl (C=O) groups is 1. The molecule has 0 N–H and O–H groups in total. The van der Waals surface area contributed by atoms with Gasteiger partial charge in [0, 0.05) is 20.1 Å². The number of hydrogen-bond donors (Lipinski definition) is 0. The van der Waals surface area contributed by atoms with Gasteiger partial charge in [0.05, 0.1) is 23.0 Å². The van der Waals surface area contributed by atoms with Crippen LogP contribution in [0.4, 0.5) is 9.52 Å². The molecule has 0 unspecified atom stereocenters. The second-order valence-corrected chi connectivity index (χ2v) is 9.30. The topological polar surface area (TPSA) is 73.8 Å². The lowest BCUT2D eigenvalue weighted by molar-refractivity contribution is -0.118. The zero-order valence-corrected chi connectivity index (χ0v) is 17.6.